The number of carboxylic acids is 1. The lowest BCUT2D eigenvalue weighted by atomic mass is 9.84. The van der Waals surface area contributed by atoms with Crippen molar-refractivity contribution < 1.29 is 14.7 Å². The number of aliphatic carboxylic acids is 1. The zero-order valence-corrected chi connectivity index (χ0v) is 11.9. The lowest BCUT2D eigenvalue weighted by molar-refractivity contribution is -0.150. The van der Waals surface area contributed by atoms with Gasteiger partial charge in [0.2, 0.25) is 5.91 Å². The van der Waals surface area contributed by atoms with Gasteiger partial charge in [-0.1, -0.05) is 12.8 Å². The summed E-state index contributed by atoms with van der Waals surface area (Å²) < 4.78 is 0. The standard InChI is InChI=1S/C13H22N2O3S/c14-9(5-6-19)12(16)15-10-4-2-1-3-8(10)7-11(15)13(17)18/h8-11,19H,1-7,14H2,(H,17,18)/t8?,9-,10?,11-/m0/s1. The van der Waals surface area contributed by atoms with Crippen molar-refractivity contribution in [3.8, 4) is 0 Å². The lowest BCUT2D eigenvalue weighted by Gasteiger charge is -2.34. The molecule has 1 heterocycles. The van der Waals surface area contributed by atoms with Crippen molar-refractivity contribution in [2.75, 3.05) is 5.75 Å². The summed E-state index contributed by atoms with van der Waals surface area (Å²) in [5, 5.41) is 9.34. The van der Waals surface area contributed by atoms with Gasteiger partial charge in [0.15, 0.2) is 0 Å². The second kappa shape index (κ2) is 6.13. The van der Waals surface area contributed by atoms with Crippen LogP contribution in [0.15, 0.2) is 0 Å². The van der Waals surface area contributed by atoms with E-state index in [9.17, 15) is 14.7 Å². The largest absolute Gasteiger partial charge is 0.480 e. The van der Waals surface area contributed by atoms with Crippen LogP contribution in [-0.4, -0.2) is 45.8 Å². The topological polar surface area (TPSA) is 83.6 Å². The molecule has 0 aromatic heterocycles. The SMILES string of the molecule is N[C@@H](CCS)C(=O)N1C2CCCCC2C[C@H]1C(=O)O. The molecule has 0 spiro atoms. The fourth-order valence-corrected chi connectivity index (χ4v) is 3.73. The Kier molecular flexibility index (Phi) is 4.73. The molecule has 1 saturated heterocycles. The summed E-state index contributed by atoms with van der Waals surface area (Å²) in [6.07, 6.45) is 5.21. The molecular weight excluding hydrogens is 264 g/mol. The fraction of sp³-hybridized carbons (Fsp3) is 0.846. The molecule has 1 aliphatic heterocycles. The van der Waals surface area contributed by atoms with Gasteiger partial charge < -0.3 is 15.7 Å². The number of nitrogens with zero attached hydrogens (tertiary/aromatic N) is 1. The first-order valence-electron chi connectivity index (χ1n) is 6.97. The minimum atomic E-state index is -0.902. The second-order valence-corrected chi connectivity index (χ2v) is 6.01. The summed E-state index contributed by atoms with van der Waals surface area (Å²) in [6, 6.07) is -1.24. The summed E-state index contributed by atoms with van der Waals surface area (Å²) in [5.41, 5.74) is 5.86. The lowest BCUT2D eigenvalue weighted by Crippen LogP contribution is -2.52. The molecule has 108 valence electrons. The molecule has 3 N–H and O–H groups in total. The molecule has 4 atom stereocenters. The quantitative estimate of drug-likeness (QED) is 0.670. The van der Waals surface area contributed by atoms with Crippen molar-refractivity contribution in [1.82, 2.24) is 4.90 Å². The Morgan fingerprint density at radius 1 is 1.37 bits per heavy atom. The van der Waals surface area contributed by atoms with E-state index in [4.69, 9.17) is 5.73 Å². The zero-order valence-electron chi connectivity index (χ0n) is 11.0. The molecule has 0 bridgehead atoms. The van der Waals surface area contributed by atoms with E-state index in [-0.39, 0.29) is 11.9 Å². The summed E-state index contributed by atoms with van der Waals surface area (Å²) in [7, 11) is 0. The Morgan fingerprint density at radius 2 is 2.05 bits per heavy atom. The van der Waals surface area contributed by atoms with Gasteiger partial charge >= 0.3 is 5.97 Å². The van der Waals surface area contributed by atoms with E-state index in [1.807, 2.05) is 0 Å². The van der Waals surface area contributed by atoms with Crippen LogP contribution in [0.2, 0.25) is 0 Å². The Morgan fingerprint density at radius 3 is 2.68 bits per heavy atom. The highest BCUT2D eigenvalue weighted by molar-refractivity contribution is 7.80. The highest BCUT2D eigenvalue weighted by Gasteiger charge is 2.48. The third-order valence-electron chi connectivity index (χ3n) is 4.38. The first-order valence-corrected chi connectivity index (χ1v) is 7.61. The van der Waals surface area contributed by atoms with Gasteiger partial charge in [-0.05, 0) is 37.4 Å². The maximum absolute atomic E-state index is 12.4. The van der Waals surface area contributed by atoms with E-state index in [2.05, 4.69) is 12.6 Å². The molecule has 0 radical (unpaired) electrons. The van der Waals surface area contributed by atoms with Gasteiger partial charge in [-0.15, -0.1) is 0 Å². The van der Waals surface area contributed by atoms with Crippen molar-refractivity contribution in [2.24, 2.45) is 11.7 Å². The smallest absolute Gasteiger partial charge is 0.326 e. The monoisotopic (exact) mass is 286 g/mol. The first-order chi connectivity index (χ1) is 9.06. The van der Waals surface area contributed by atoms with Crippen molar-refractivity contribution in [3.05, 3.63) is 0 Å². The number of carbonyl (C=O) groups excluding carboxylic acids is 1. The maximum atomic E-state index is 12.4. The van der Waals surface area contributed by atoms with Crippen molar-refractivity contribution in [1.29, 1.82) is 0 Å². The van der Waals surface area contributed by atoms with Crippen LogP contribution in [0.5, 0.6) is 0 Å². The van der Waals surface area contributed by atoms with Gasteiger partial charge in [-0.2, -0.15) is 12.6 Å². The van der Waals surface area contributed by atoms with Crippen LogP contribution in [0, 0.1) is 5.92 Å². The van der Waals surface area contributed by atoms with Gasteiger partial charge in [-0.3, -0.25) is 4.79 Å². The number of rotatable bonds is 4. The van der Waals surface area contributed by atoms with E-state index in [1.54, 1.807) is 4.90 Å². The Bertz CT molecular complexity index is 364. The number of carboxylic acid groups (broad SMARTS) is 1. The van der Waals surface area contributed by atoms with E-state index in [1.165, 1.54) is 0 Å². The molecule has 2 unspecified atom stereocenters. The molecular formula is C13H22N2O3S. The average Bonchev–Trinajstić information content (AvgIpc) is 2.77. The molecule has 2 rings (SSSR count). The molecule has 1 aliphatic carbocycles. The molecule has 1 amide bonds. The molecule has 2 fully saturated rings. The average molecular weight is 286 g/mol. The van der Waals surface area contributed by atoms with Crippen LogP contribution in [0.3, 0.4) is 0 Å². The van der Waals surface area contributed by atoms with Crippen LogP contribution < -0.4 is 5.73 Å². The third kappa shape index (κ3) is 2.89. The van der Waals surface area contributed by atoms with Gasteiger partial charge in [0.1, 0.15) is 6.04 Å². The van der Waals surface area contributed by atoms with Crippen molar-refractivity contribution in [2.45, 2.75) is 56.7 Å². The number of hydrogen-bond donors (Lipinski definition) is 3. The van der Waals surface area contributed by atoms with E-state index in [0.717, 1.165) is 25.7 Å². The minimum Gasteiger partial charge on any atom is -0.480 e. The number of fused-ring (bicyclic) bond motifs is 1. The number of likely N-dealkylation sites (tertiary alicyclic amines) is 1. The van der Waals surface area contributed by atoms with E-state index < -0.39 is 18.1 Å². The number of carbonyl (C=O) groups is 2. The Labute approximate surface area is 118 Å². The number of hydrogen-bond acceptors (Lipinski definition) is 4. The predicted molar refractivity (Wildman–Crippen MR) is 75.1 cm³/mol. The molecule has 0 aromatic carbocycles. The Balaban J connectivity index is 2.17. The maximum Gasteiger partial charge on any atom is 0.326 e. The van der Waals surface area contributed by atoms with Crippen LogP contribution >= 0.6 is 12.6 Å². The van der Waals surface area contributed by atoms with Gasteiger partial charge in [0.05, 0.1) is 6.04 Å². The first kappa shape index (κ1) is 14.7. The van der Waals surface area contributed by atoms with Crippen LogP contribution in [0.1, 0.15) is 38.5 Å². The van der Waals surface area contributed by atoms with Gasteiger partial charge in [-0.25, -0.2) is 4.79 Å². The molecule has 2 aliphatic rings. The molecule has 1 saturated carbocycles. The summed E-state index contributed by atoms with van der Waals surface area (Å²) in [4.78, 5) is 25.4. The van der Waals surface area contributed by atoms with Gasteiger partial charge in [0, 0.05) is 6.04 Å². The normalized spacial score (nSPS) is 31.9. The van der Waals surface area contributed by atoms with E-state index in [0.29, 0.717) is 24.5 Å². The molecule has 6 heteroatoms. The third-order valence-corrected chi connectivity index (χ3v) is 4.64. The highest BCUT2D eigenvalue weighted by Crippen LogP contribution is 2.40. The Hall–Kier alpha value is -0.750. The van der Waals surface area contributed by atoms with Crippen molar-refractivity contribution in [3.63, 3.8) is 0 Å². The molecule has 0 aromatic rings. The summed E-state index contributed by atoms with van der Waals surface area (Å²) >= 11 is 4.09. The zero-order chi connectivity index (χ0) is 14.0. The molecule has 5 nitrogen and oxygen atoms in total. The number of thiol groups is 1. The summed E-state index contributed by atoms with van der Waals surface area (Å²) in [5.74, 6) is -0.245. The second-order valence-electron chi connectivity index (χ2n) is 5.57. The van der Waals surface area contributed by atoms with Crippen molar-refractivity contribution >= 4 is 24.5 Å². The fourth-order valence-electron chi connectivity index (χ4n) is 3.45. The van der Waals surface area contributed by atoms with Crippen LogP contribution in [0.25, 0.3) is 0 Å². The number of amides is 1. The predicted octanol–water partition coefficient (Wildman–Crippen LogP) is 0.878. The van der Waals surface area contributed by atoms with E-state index >= 15 is 0 Å². The minimum absolute atomic E-state index is 0.0771. The highest BCUT2D eigenvalue weighted by atomic mass is 32.1. The van der Waals surface area contributed by atoms with Crippen LogP contribution in [0.4, 0.5) is 0 Å². The number of nitrogens with two attached hydrogens (primary N) is 1. The molecule has 19 heavy (non-hydrogen) atoms. The van der Waals surface area contributed by atoms with Gasteiger partial charge in [0.25, 0.3) is 0 Å². The summed E-state index contributed by atoms with van der Waals surface area (Å²) in [6.45, 7) is 0. The van der Waals surface area contributed by atoms with Crippen LogP contribution in [-0.2, 0) is 9.59 Å².